The lowest BCUT2D eigenvalue weighted by atomic mass is 10.1. The molecule has 4 nitrogen and oxygen atoms in total. The molecule has 1 fully saturated rings. The molecule has 1 aliphatic heterocycles. The lowest BCUT2D eigenvalue weighted by molar-refractivity contribution is 0.234. The number of hydrogen-bond acceptors (Lipinski definition) is 5. The van der Waals surface area contributed by atoms with E-state index in [1.165, 1.54) is 15.7 Å². The van der Waals surface area contributed by atoms with Gasteiger partial charge in [-0.05, 0) is 26.4 Å². The molecule has 0 aromatic carbocycles. The van der Waals surface area contributed by atoms with E-state index in [2.05, 4.69) is 49.9 Å². The van der Waals surface area contributed by atoms with Gasteiger partial charge in [0.1, 0.15) is 0 Å². The summed E-state index contributed by atoms with van der Waals surface area (Å²) in [7, 11) is 2.21. The molecule has 0 bridgehead atoms. The van der Waals surface area contributed by atoms with E-state index >= 15 is 0 Å². The third kappa shape index (κ3) is 3.51. The summed E-state index contributed by atoms with van der Waals surface area (Å²) in [6.07, 6.45) is 0. The average Bonchev–Trinajstić information content (AvgIpc) is 2.84. The quantitative estimate of drug-likeness (QED) is 0.905. The van der Waals surface area contributed by atoms with Crippen LogP contribution in [0.4, 0.5) is 5.13 Å². The Bertz CT molecular complexity index is 430. The van der Waals surface area contributed by atoms with E-state index in [0.29, 0.717) is 12.0 Å². The standard InChI is InChI=1S/C15H28N4S/c1-6-16-9-13-14(11(2)3)17-15(20-13)19-8-7-18(5)12(4)10-19/h11-12,16H,6-10H2,1-5H3. The summed E-state index contributed by atoms with van der Waals surface area (Å²) >= 11 is 1.87. The highest BCUT2D eigenvalue weighted by Gasteiger charge is 2.24. The van der Waals surface area contributed by atoms with Crippen LogP contribution in [0, 0.1) is 0 Å². The number of nitrogens with zero attached hydrogens (tertiary/aromatic N) is 3. The summed E-state index contributed by atoms with van der Waals surface area (Å²) in [4.78, 5) is 11.2. The van der Waals surface area contributed by atoms with E-state index < -0.39 is 0 Å². The van der Waals surface area contributed by atoms with Gasteiger partial charge in [0.05, 0.1) is 5.69 Å². The Hall–Kier alpha value is -0.650. The lowest BCUT2D eigenvalue weighted by Crippen LogP contribution is -2.50. The van der Waals surface area contributed by atoms with Crippen molar-refractivity contribution in [1.29, 1.82) is 0 Å². The smallest absolute Gasteiger partial charge is 0.185 e. The molecule has 0 spiro atoms. The van der Waals surface area contributed by atoms with Crippen LogP contribution in [-0.4, -0.2) is 49.2 Å². The number of likely N-dealkylation sites (N-methyl/N-ethyl adjacent to an activating group) is 1. The Morgan fingerprint density at radius 2 is 2.15 bits per heavy atom. The molecule has 20 heavy (non-hydrogen) atoms. The fourth-order valence-electron chi connectivity index (χ4n) is 2.52. The highest BCUT2D eigenvalue weighted by atomic mass is 32.1. The average molecular weight is 296 g/mol. The van der Waals surface area contributed by atoms with Crippen LogP contribution in [0.1, 0.15) is 44.2 Å². The Labute approximate surface area is 127 Å². The van der Waals surface area contributed by atoms with E-state index in [0.717, 1.165) is 32.7 Å². The van der Waals surface area contributed by atoms with Crippen LogP contribution >= 0.6 is 11.3 Å². The Kier molecular flexibility index (Phi) is 5.41. The molecule has 1 saturated heterocycles. The maximum Gasteiger partial charge on any atom is 0.185 e. The van der Waals surface area contributed by atoms with Gasteiger partial charge in [-0.15, -0.1) is 11.3 Å². The van der Waals surface area contributed by atoms with Gasteiger partial charge in [-0.3, -0.25) is 0 Å². The minimum Gasteiger partial charge on any atom is -0.345 e. The molecule has 2 heterocycles. The second-order valence-electron chi connectivity index (χ2n) is 6.02. The van der Waals surface area contributed by atoms with E-state index in [9.17, 15) is 0 Å². The summed E-state index contributed by atoms with van der Waals surface area (Å²) in [5.74, 6) is 0.499. The highest BCUT2D eigenvalue weighted by Crippen LogP contribution is 2.31. The molecular weight excluding hydrogens is 268 g/mol. The first-order chi connectivity index (χ1) is 9.52. The Balaban J connectivity index is 2.15. The monoisotopic (exact) mass is 296 g/mol. The van der Waals surface area contributed by atoms with Crippen LogP contribution in [0.3, 0.4) is 0 Å². The first-order valence-electron chi connectivity index (χ1n) is 7.68. The number of thiazole rings is 1. The van der Waals surface area contributed by atoms with Gasteiger partial charge in [0.15, 0.2) is 5.13 Å². The van der Waals surface area contributed by atoms with E-state index in [-0.39, 0.29) is 0 Å². The summed E-state index contributed by atoms with van der Waals surface area (Å²) in [6, 6.07) is 0.604. The third-order valence-corrected chi connectivity index (χ3v) is 5.16. The molecule has 1 aromatic rings. The van der Waals surface area contributed by atoms with Crippen LogP contribution in [0.2, 0.25) is 0 Å². The maximum absolute atomic E-state index is 4.93. The lowest BCUT2D eigenvalue weighted by Gasteiger charge is -2.37. The van der Waals surface area contributed by atoms with Crippen molar-refractivity contribution in [2.75, 3.05) is 38.1 Å². The van der Waals surface area contributed by atoms with Gasteiger partial charge in [0.25, 0.3) is 0 Å². The van der Waals surface area contributed by atoms with E-state index in [1.807, 2.05) is 11.3 Å². The van der Waals surface area contributed by atoms with Crippen molar-refractivity contribution >= 4 is 16.5 Å². The minimum absolute atomic E-state index is 0.499. The molecule has 1 aliphatic rings. The molecule has 2 rings (SSSR count). The second-order valence-corrected chi connectivity index (χ2v) is 7.08. The molecular formula is C15H28N4S. The zero-order chi connectivity index (χ0) is 14.7. The first kappa shape index (κ1) is 15.7. The number of rotatable bonds is 5. The first-order valence-corrected chi connectivity index (χ1v) is 8.50. The van der Waals surface area contributed by atoms with Gasteiger partial charge < -0.3 is 15.1 Å². The van der Waals surface area contributed by atoms with Crippen molar-refractivity contribution in [3.8, 4) is 0 Å². The summed E-state index contributed by atoms with van der Waals surface area (Å²) in [5.41, 5.74) is 1.28. The van der Waals surface area contributed by atoms with Gasteiger partial charge >= 0.3 is 0 Å². The van der Waals surface area contributed by atoms with Crippen molar-refractivity contribution in [1.82, 2.24) is 15.2 Å². The van der Waals surface area contributed by atoms with Crippen molar-refractivity contribution in [3.63, 3.8) is 0 Å². The SMILES string of the molecule is CCNCc1sc(N2CCN(C)C(C)C2)nc1C(C)C. The normalized spacial score (nSPS) is 20.9. The molecule has 1 atom stereocenters. The summed E-state index contributed by atoms with van der Waals surface area (Å²) in [6.45, 7) is 14.2. The molecule has 1 aromatic heterocycles. The zero-order valence-electron chi connectivity index (χ0n) is 13.4. The zero-order valence-corrected chi connectivity index (χ0v) is 14.3. The van der Waals surface area contributed by atoms with Crippen LogP contribution in [0.15, 0.2) is 0 Å². The fourth-order valence-corrected chi connectivity index (χ4v) is 3.74. The van der Waals surface area contributed by atoms with Crippen LogP contribution in [0.5, 0.6) is 0 Å². The van der Waals surface area contributed by atoms with E-state index in [4.69, 9.17) is 4.98 Å². The minimum atomic E-state index is 0.499. The molecule has 0 aliphatic carbocycles. The second kappa shape index (κ2) is 6.87. The third-order valence-electron chi connectivity index (χ3n) is 4.03. The van der Waals surface area contributed by atoms with Crippen LogP contribution in [0.25, 0.3) is 0 Å². The van der Waals surface area contributed by atoms with Crippen molar-refractivity contribution in [2.45, 2.75) is 46.2 Å². The Morgan fingerprint density at radius 1 is 1.40 bits per heavy atom. The van der Waals surface area contributed by atoms with Gasteiger partial charge in [-0.1, -0.05) is 20.8 Å². The molecule has 114 valence electrons. The van der Waals surface area contributed by atoms with Crippen LogP contribution < -0.4 is 10.2 Å². The highest BCUT2D eigenvalue weighted by molar-refractivity contribution is 7.15. The maximum atomic E-state index is 4.93. The molecule has 0 amide bonds. The predicted octanol–water partition coefficient (Wildman–Crippen LogP) is 2.52. The number of nitrogens with one attached hydrogen (secondary N) is 1. The number of piperazine rings is 1. The predicted molar refractivity (Wildman–Crippen MR) is 87.9 cm³/mol. The van der Waals surface area contributed by atoms with Crippen molar-refractivity contribution in [2.24, 2.45) is 0 Å². The van der Waals surface area contributed by atoms with E-state index in [1.54, 1.807) is 0 Å². The summed E-state index contributed by atoms with van der Waals surface area (Å²) in [5, 5.41) is 4.65. The largest absolute Gasteiger partial charge is 0.345 e. The number of aromatic nitrogens is 1. The van der Waals surface area contributed by atoms with Gasteiger partial charge in [-0.25, -0.2) is 4.98 Å². The van der Waals surface area contributed by atoms with Gasteiger partial charge in [-0.2, -0.15) is 0 Å². The topological polar surface area (TPSA) is 31.4 Å². The molecule has 1 N–H and O–H groups in total. The molecule has 0 saturated carbocycles. The molecule has 0 radical (unpaired) electrons. The van der Waals surface area contributed by atoms with Crippen LogP contribution in [-0.2, 0) is 6.54 Å². The van der Waals surface area contributed by atoms with Gasteiger partial charge in [0, 0.05) is 37.1 Å². The summed E-state index contributed by atoms with van der Waals surface area (Å²) < 4.78 is 0. The fraction of sp³-hybridized carbons (Fsp3) is 0.800. The van der Waals surface area contributed by atoms with Crippen molar-refractivity contribution in [3.05, 3.63) is 10.6 Å². The molecule has 1 unspecified atom stereocenters. The Morgan fingerprint density at radius 3 is 2.75 bits per heavy atom. The number of hydrogen-bond donors (Lipinski definition) is 1. The molecule has 5 heteroatoms. The van der Waals surface area contributed by atoms with Crippen molar-refractivity contribution < 1.29 is 0 Å². The van der Waals surface area contributed by atoms with Gasteiger partial charge in [0.2, 0.25) is 0 Å². The number of anilines is 1.